The standard InChI is InChI=1S/C19H29N3O3/c1-21(2)18(23)13-24-15-19-8-5-11-25-17(19)7-10-22(14-19)12-16-6-3-4-9-20-16/h3-4,6,9,17H,5,7-8,10-15H2,1-2H3/t17-,19-/m1/s1. The van der Waals surface area contributed by atoms with E-state index < -0.39 is 0 Å². The number of pyridine rings is 1. The Morgan fingerprint density at radius 2 is 2.36 bits per heavy atom. The number of fused-ring (bicyclic) bond motifs is 1. The van der Waals surface area contributed by atoms with Gasteiger partial charge in [0.15, 0.2) is 0 Å². The molecule has 3 rings (SSSR count). The van der Waals surface area contributed by atoms with E-state index in [0.717, 1.165) is 51.2 Å². The Balaban J connectivity index is 1.63. The number of amides is 1. The number of hydrogen-bond acceptors (Lipinski definition) is 5. The molecule has 0 spiro atoms. The van der Waals surface area contributed by atoms with E-state index in [0.29, 0.717) is 6.61 Å². The van der Waals surface area contributed by atoms with Gasteiger partial charge in [-0.1, -0.05) is 6.07 Å². The monoisotopic (exact) mass is 347 g/mol. The zero-order chi connectivity index (χ0) is 17.7. The number of carbonyl (C=O) groups excluding carboxylic acids is 1. The lowest BCUT2D eigenvalue weighted by atomic mass is 9.73. The highest BCUT2D eigenvalue weighted by Gasteiger charge is 2.46. The Hall–Kier alpha value is -1.50. The van der Waals surface area contributed by atoms with Crippen molar-refractivity contribution < 1.29 is 14.3 Å². The van der Waals surface area contributed by atoms with Crippen LogP contribution in [0.1, 0.15) is 25.0 Å². The average Bonchev–Trinajstić information content (AvgIpc) is 2.62. The summed E-state index contributed by atoms with van der Waals surface area (Å²) in [7, 11) is 3.51. The fourth-order valence-electron chi connectivity index (χ4n) is 3.92. The highest BCUT2D eigenvalue weighted by molar-refractivity contribution is 5.76. The summed E-state index contributed by atoms with van der Waals surface area (Å²) in [6, 6.07) is 6.05. The van der Waals surface area contributed by atoms with Crippen LogP contribution in [0.4, 0.5) is 0 Å². The van der Waals surface area contributed by atoms with Crippen LogP contribution in [0.5, 0.6) is 0 Å². The van der Waals surface area contributed by atoms with Crippen LogP contribution >= 0.6 is 0 Å². The normalized spacial score (nSPS) is 26.9. The third-order valence-electron chi connectivity index (χ3n) is 5.29. The summed E-state index contributed by atoms with van der Waals surface area (Å²) in [5.74, 6) is 0.00540. The first-order chi connectivity index (χ1) is 12.1. The molecule has 0 saturated carbocycles. The van der Waals surface area contributed by atoms with E-state index in [4.69, 9.17) is 9.47 Å². The molecule has 0 bridgehead atoms. The van der Waals surface area contributed by atoms with Crippen molar-refractivity contribution in [1.29, 1.82) is 0 Å². The van der Waals surface area contributed by atoms with Crippen molar-refractivity contribution in [1.82, 2.24) is 14.8 Å². The average molecular weight is 347 g/mol. The molecule has 2 saturated heterocycles. The van der Waals surface area contributed by atoms with E-state index in [1.165, 1.54) is 0 Å². The van der Waals surface area contributed by atoms with Crippen molar-refractivity contribution in [3.05, 3.63) is 30.1 Å². The van der Waals surface area contributed by atoms with Gasteiger partial charge < -0.3 is 14.4 Å². The maximum absolute atomic E-state index is 11.8. The first kappa shape index (κ1) is 18.3. The second-order valence-corrected chi connectivity index (χ2v) is 7.43. The number of ether oxygens (including phenoxy) is 2. The molecular formula is C19H29N3O3. The van der Waals surface area contributed by atoms with Crippen LogP contribution in [-0.2, 0) is 20.8 Å². The van der Waals surface area contributed by atoms with Gasteiger partial charge in [0.25, 0.3) is 0 Å². The molecule has 1 amide bonds. The second-order valence-electron chi connectivity index (χ2n) is 7.43. The fourth-order valence-corrected chi connectivity index (χ4v) is 3.92. The molecule has 0 radical (unpaired) electrons. The molecule has 0 aromatic carbocycles. The topological polar surface area (TPSA) is 54.9 Å². The number of likely N-dealkylation sites (tertiary alicyclic amines) is 1. The van der Waals surface area contributed by atoms with Gasteiger partial charge >= 0.3 is 0 Å². The molecular weight excluding hydrogens is 318 g/mol. The molecule has 6 nitrogen and oxygen atoms in total. The molecule has 2 atom stereocenters. The van der Waals surface area contributed by atoms with E-state index in [1.54, 1.807) is 19.0 Å². The Labute approximate surface area is 150 Å². The summed E-state index contributed by atoms with van der Waals surface area (Å²) in [5, 5.41) is 0. The van der Waals surface area contributed by atoms with Gasteiger partial charge in [-0.05, 0) is 31.4 Å². The van der Waals surface area contributed by atoms with Crippen LogP contribution < -0.4 is 0 Å². The van der Waals surface area contributed by atoms with Gasteiger partial charge in [0, 0.05) is 51.9 Å². The van der Waals surface area contributed by atoms with Crippen LogP contribution in [0.2, 0.25) is 0 Å². The lowest BCUT2D eigenvalue weighted by molar-refractivity contribution is -0.160. The van der Waals surface area contributed by atoms with Crippen LogP contribution in [0, 0.1) is 5.41 Å². The summed E-state index contributed by atoms with van der Waals surface area (Å²) >= 11 is 0. The highest BCUT2D eigenvalue weighted by Crippen LogP contribution is 2.40. The van der Waals surface area contributed by atoms with Gasteiger partial charge in [-0.3, -0.25) is 14.7 Å². The van der Waals surface area contributed by atoms with Crippen LogP contribution in [0.25, 0.3) is 0 Å². The first-order valence-electron chi connectivity index (χ1n) is 9.11. The minimum absolute atomic E-state index is 0.00540. The molecule has 138 valence electrons. The van der Waals surface area contributed by atoms with Gasteiger partial charge in [-0.15, -0.1) is 0 Å². The summed E-state index contributed by atoms with van der Waals surface area (Å²) in [5.41, 5.74) is 1.08. The van der Waals surface area contributed by atoms with Gasteiger partial charge in [-0.25, -0.2) is 0 Å². The number of hydrogen-bond donors (Lipinski definition) is 0. The number of aromatic nitrogens is 1. The molecule has 0 unspecified atom stereocenters. The smallest absolute Gasteiger partial charge is 0.248 e. The lowest BCUT2D eigenvalue weighted by Crippen LogP contribution is -2.56. The zero-order valence-electron chi connectivity index (χ0n) is 15.3. The lowest BCUT2D eigenvalue weighted by Gasteiger charge is -2.50. The third kappa shape index (κ3) is 4.57. The van der Waals surface area contributed by atoms with Crippen LogP contribution in [0.3, 0.4) is 0 Å². The largest absolute Gasteiger partial charge is 0.377 e. The quantitative estimate of drug-likeness (QED) is 0.782. The maximum Gasteiger partial charge on any atom is 0.248 e. The molecule has 2 fully saturated rings. The number of rotatable bonds is 6. The van der Waals surface area contributed by atoms with E-state index in [1.807, 2.05) is 18.3 Å². The minimum atomic E-state index is -0.0160. The molecule has 2 aliphatic heterocycles. The summed E-state index contributed by atoms with van der Waals surface area (Å²) in [4.78, 5) is 20.3. The summed E-state index contributed by atoms with van der Waals surface area (Å²) in [6.07, 6.45) is 5.23. The van der Waals surface area contributed by atoms with E-state index in [-0.39, 0.29) is 24.0 Å². The number of piperidine rings is 1. The Morgan fingerprint density at radius 3 is 3.12 bits per heavy atom. The predicted molar refractivity (Wildman–Crippen MR) is 95.1 cm³/mol. The van der Waals surface area contributed by atoms with E-state index >= 15 is 0 Å². The SMILES string of the molecule is CN(C)C(=O)COC[C@]12CCCO[C@@H]1CCN(Cc1ccccn1)C2. The molecule has 25 heavy (non-hydrogen) atoms. The van der Waals surface area contributed by atoms with Crippen molar-refractivity contribution in [2.75, 3.05) is 47.0 Å². The van der Waals surface area contributed by atoms with Gasteiger partial charge in [0.1, 0.15) is 6.61 Å². The van der Waals surface area contributed by atoms with Crippen molar-refractivity contribution >= 4 is 5.91 Å². The predicted octanol–water partition coefficient (Wildman–Crippen LogP) is 1.56. The summed E-state index contributed by atoms with van der Waals surface area (Å²) < 4.78 is 11.9. The van der Waals surface area contributed by atoms with Crippen LogP contribution in [0.15, 0.2) is 24.4 Å². The molecule has 2 aliphatic rings. The number of nitrogens with zero attached hydrogens (tertiary/aromatic N) is 3. The first-order valence-corrected chi connectivity index (χ1v) is 9.11. The van der Waals surface area contributed by atoms with Crippen molar-refractivity contribution in [3.8, 4) is 0 Å². The molecule has 6 heteroatoms. The molecule has 0 aliphatic carbocycles. The number of carbonyl (C=O) groups is 1. The summed E-state index contributed by atoms with van der Waals surface area (Å²) in [6.45, 7) is 4.36. The molecule has 1 aromatic heterocycles. The van der Waals surface area contributed by atoms with Crippen molar-refractivity contribution in [2.45, 2.75) is 31.9 Å². The van der Waals surface area contributed by atoms with Crippen LogP contribution in [-0.4, -0.2) is 73.8 Å². The second kappa shape index (κ2) is 8.25. The Kier molecular flexibility index (Phi) is 6.04. The zero-order valence-corrected chi connectivity index (χ0v) is 15.3. The van der Waals surface area contributed by atoms with Gasteiger partial charge in [0.2, 0.25) is 5.91 Å². The fraction of sp³-hybridized carbons (Fsp3) is 0.684. The van der Waals surface area contributed by atoms with E-state index in [2.05, 4.69) is 16.0 Å². The van der Waals surface area contributed by atoms with Crippen molar-refractivity contribution in [2.24, 2.45) is 5.41 Å². The van der Waals surface area contributed by atoms with Gasteiger partial charge in [0.05, 0.1) is 18.4 Å². The maximum atomic E-state index is 11.8. The molecule has 1 aromatic rings. The van der Waals surface area contributed by atoms with Crippen molar-refractivity contribution in [3.63, 3.8) is 0 Å². The number of likely N-dealkylation sites (N-methyl/N-ethyl adjacent to an activating group) is 1. The molecule has 0 N–H and O–H groups in total. The van der Waals surface area contributed by atoms with E-state index in [9.17, 15) is 4.79 Å². The minimum Gasteiger partial charge on any atom is -0.377 e. The Bertz CT molecular complexity index is 566. The molecule has 3 heterocycles. The van der Waals surface area contributed by atoms with Gasteiger partial charge in [-0.2, -0.15) is 0 Å². The Morgan fingerprint density at radius 1 is 1.48 bits per heavy atom. The third-order valence-corrected chi connectivity index (χ3v) is 5.29. The highest BCUT2D eigenvalue weighted by atomic mass is 16.5.